The molecule has 0 aliphatic heterocycles. The first-order chi connectivity index (χ1) is 8.29. The maximum Gasteiger partial charge on any atom is 0.325 e. The number of rotatable bonds is 5. The van der Waals surface area contributed by atoms with Crippen LogP contribution < -0.4 is 4.72 Å². The van der Waals surface area contributed by atoms with E-state index in [9.17, 15) is 13.2 Å². The van der Waals surface area contributed by atoms with Gasteiger partial charge in [0.25, 0.3) is 10.0 Å². The van der Waals surface area contributed by atoms with Crippen molar-refractivity contribution in [2.45, 2.75) is 10.4 Å². The van der Waals surface area contributed by atoms with Crippen LogP contribution in [-0.2, 0) is 26.6 Å². The zero-order valence-electron chi connectivity index (χ0n) is 9.55. The van der Waals surface area contributed by atoms with Crippen molar-refractivity contribution >= 4 is 39.2 Å². The van der Waals surface area contributed by atoms with Crippen molar-refractivity contribution in [1.29, 1.82) is 0 Å². The van der Waals surface area contributed by atoms with E-state index in [0.29, 0.717) is 0 Å². The van der Waals surface area contributed by atoms with Crippen LogP contribution in [0, 0.1) is 0 Å². The fourth-order valence-electron chi connectivity index (χ4n) is 1.16. The molecule has 1 atom stereocenters. The van der Waals surface area contributed by atoms with Crippen molar-refractivity contribution in [2.75, 3.05) is 13.7 Å². The Labute approximate surface area is 114 Å². The predicted molar refractivity (Wildman–Crippen MR) is 65.1 cm³/mol. The Morgan fingerprint density at radius 1 is 1.67 bits per heavy atom. The van der Waals surface area contributed by atoms with Gasteiger partial charge in [0.05, 0.1) is 18.3 Å². The van der Waals surface area contributed by atoms with Crippen molar-refractivity contribution < 1.29 is 17.9 Å². The van der Waals surface area contributed by atoms with Crippen LogP contribution in [0.15, 0.2) is 11.2 Å². The molecule has 1 aromatic rings. The fourth-order valence-corrected chi connectivity index (χ4v) is 3.12. The summed E-state index contributed by atoms with van der Waals surface area (Å²) in [6.07, 6.45) is 1.20. The Hall–Kier alpha value is -0.830. The van der Waals surface area contributed by atoms with Crippen LogP contribution in [0.3, 0.4) is 0 Å². The summed E-state index contributed by atoms with van der Waals surface area (Å²) in [5.74, 6) is -0.726. The van der Waals surface area contributed by atoms with Gasteiger partial charge in [-0.25, -0.2) is 13.1 Å². The summed E-state index contributed by atoms with van der Waals surface area (Å²) in [6.45, 7) is -0.307. The molecule has 10 heteroatoms. The van der Waals surface area contributed by atoms with Crippen molar-refractivity contribution in [1.82, 2.24) is 14.5 Å². The lowest BCUT2D eigenvalue weighted by Crippen LogP contribution is -2.35. The summed E-state index contributed by atoms with van der Waals surface area (Å²) < 4.78 is 31.4. The maximum absolute atomic E-state index is 11.9. The molecule has 0 amide bonds. The molecule has 0 fully saturated rings. The largest absolute Gasteiger partial charge is 0.468 e. The Kier molecular flexibility index (Phi) is 4.97. The predicted octanol–water partition coefficient (Wildman–Crippen LogP) is 0.132. The second kappa shape index (κ2) is 5.87. The Morgan fingerprint density at radius 2 is 2.28 bits per heavy atom. The molecule has 0 bridgehead atoms. The number of esters is 1. The van der Waals surface area contributed by atoms with E-state index in [1.165, 1.54) is 13.2 Å². The molecule has 0 spiro atoms. The molecule has 7 nitrogen and oxygen atoms in total. The summed E-state index contributed by atoms with van der Waals surface area (Å²) in [6, 6.07) is 0. The molecule has 1 heterocycles. The lowest BCUT2D eigenvalue weighted by Gasteiger charge is -2.10. The number of halogens is 2. The van der Waals surface area contributed by atoms with E-state index in [4.69, 9.17) is 23.2 Å². The molecule has 1 aromatic heterocycles. The van der Waals surface area contributed by atoms with Crippen molar-refractivity contribution in [3.8, 4) is 0 Å². The zero-order chi connectivity index (χ0) is 13.9. The van der Waals surface area contributed by atoms with Gasteiger partial charge in [-0.2, -0.15) is 5.10 Å². The van der Waals surface area contributed by atoms with Crippen molar-refractivity contribution in [3.63, 3.8) is 0 Å². The molecule has 0 saturated heterocycles. The summed E-state index contributed by atoms with van der Waals surface area (Å²) in [5.41, 5.74) is 0. The number of sulfonamides is 1. The number of nitrogens with zero attached hydrogens (tertiary/aromatic N) is 2. The average molecular weight is 316 g/mol. The second-order valence-electron chi connectivity index (χ2n) is 3.26. The Bertz CT molecular complexity index is 523. The third kappa shape index (κ3) is 3.35. The number of aromatic nitrogens is 2. The van der Waals surface area contributed by atoms with E-state index in [1.807, 2.05) is 0 Å². The highest BCUT2D eigenvalue weighted by molar-refractivity contribution is 7.89. The third-order valence-electron chi connectivity index (χ3n) is 2.01. The van der Waals surface area contributed by atoms with E-state index < -0.39 is 21.4 Å². The summed E-state index contributed by atoms with van der Waals surface area (Å²) in [7, 11) is -1.30. The molecule has 0 saturated carbocycles. The van der Waals surface area contributed by atoms with Crippen LogP contribution in [0.2, 0.25) is 5.02 Å². The van der Waals surface area contributed by atoms with E-state index in [-0.39, 0.29) is 16.6 Å². The first kappa shape index (κ1) is 15.2. The van der Waals surface area contributed by atoms with Crippen molar-refractivity contribution in [3.05, 3.63) is 11.2 Å². The quantitative estimate of drug-likeness (QED) is 0.616. The molecular formula is C8H11Cl2N3O4S. The average Bonchev–Trinajstić information content (AvgIpc) is 2.65. The van der Waals surface area contributed by atoms with Crippen LogP contribution in [0.5, 0.6) is 0 Å². The lowest BCUT2D eigenvalue weighted by atomic mass is 10.4. The number of methoxy groups -OCH3 is 1. The van der Waals surface area contributed by atoms with Crippen LogP contribution in [0.25, 0.3) is 0 Å². The number of carbonyl (C=O) groups is 1. The van der Waals surface area contributed by atoms with Gasteiger partial charge in [-0.15, -0.1) is 11.6 Å². The number of ether oxygens (including phenoxy) is 1. The van der Waals surface area contributed by atoms with Gasteiger partial charge in [0.15, 0.2) is 5.03 Å². The number of carbonyl (C=O) groups excluding carboxylic acids is 1. The maximum atomic E-state index is 11.9. The highest BCUT2D eigenvalue weighted by Gasteiger charge is 2.25. The summed E-state index contributed by atoms with van der Waals surface area (Å²) in [4.78, 5) is 11.0. The van der Waals surface area contributed by atoms with Gasteiger partial charge in [-0.3, -0.25) is 9.48 Å². The van der Waals surface area contributed by atoms with Gasteiger partial charge in [0.1, 0.15) is 5.38 Å². The van der Waals surface area contributed by atoms with E-state index in [0.717, 1.165) is 11.8 Å². The van der Waals surface area contributed by atoms with E-state index in [1.54, 1.807) is 0 Å². The third-order valence-corrected chi connectivity index (χ3v) is 4.27. The number of alkyl halides is 1. The van der Waals surface area contributed by atoms with E-state index >= 15 is 0 Å². The smallest absolute Gasteiger partial charge is 0.325 e. The standard InChI is InChI=1S/C8H11Cl2N3O4S/c1-13-7(5(9)3-11-13)18(15,16)12-4-6(10)8(14)17-2/h3,6,12H,4H2,1-2H3. The first-order valence-corrected chi connectivity index (χ1v) is 6.98. The molecule has 0 aliphatic carbocycles. The highest BCUT2D eigenvalue weighted by Crippen LogP contribution is 2.19. The van der Waals surface area contributed by atoms with Gasteiger partial charge in [0.2, 0.25) is 0 Å². The van der Waals surface area contributed by atoms with Gasteiger partial charge in [-0.05, 0) is 0 Å². The minimum atomic E-state index is -3.89. The molecule has 102 valence electrons. The monoisotopic (exact) mass is 315 g/mol. The number of aryl methyl sites for hydroxylation is 1. The number of nitrogens with one attached hydrogen (secondary N) is 1. The minimum absolute atomic E-state index is 0.0193. The minimum Gasteiger partial charge on any atom is -0.468 e. The first-order valence-electron chi connectivity index (χ1n) is 4.68. The van der Waals surface area contributed by atoms with Crippen LogP contribution in [0.4, 0.5) is 0 Å². The van der Waals surface area contributed by atoms with Crippen LogP contribution in [0.1, 0.15) is 0 Å². The summed E-state index contributed by atoms with van der Waals surface area (Å²) in [5, 5.41) is 2.37. The number of hydrogen-bond donors (Lipinski definition) is 1. The fraction of sp³-hybridized carbons (Fsp3) is 0.500. The molecule has 0 aliphatic rings. The molecular weight excluding hydrogens is 305 g/mol. The van der Waals surface area contributed by atoms with Crippen LogP contribution in [-0.4, -0.2) is 43.2 Å². The zero-order valence-corrected chi connectivity index (χ0v) is 11.9. The van der Waals surface area contributed by atoms with Gasteiger partial charge in [-0.1, -0.05) is 11.6 Å². The molecule has 1 rings (SSSR count). The Morgan fingerprint density at radius 3 is 2.72 bits per heavy atom. The molecule has 0 aromatic carbocycles. The molecule has 0 radical (unpaired) electrons. The topological polar surface area (TPSA) is 90.3 Å². The Balaban J connectivity index is 2.81. The highest BCUT2D eigenvalue weighted by atomic mass is 35.5. The molecule has 18 heavy (non-hydrogen) atoms. The van der Waals surface area contributed by atoms with Gasteiger partial charge >= 0.3 is 5.97 Å². The van der Waals surface area contributed by atoms with E-state index in [2.05, 4.69) is 14.6 Å². The summed E-state index contributed by atoms with van der Waals surface area (Å²) >= 11 is 11.3. The molecule has 1 N–H and O–H groups in total. The lowest BCUT2D eigenvalue weighted by molar-refractivity contribution is -0.140. The SMILES string of the molecule is COC(=O)C(Cl)CNS(=O)(=O)c1c(Cl)cnn1C. The normalized spacial score (nSPS) is 13.3. The number of hydrogen-bond acceptors (Lipinski definition) is 5. The van der Waals surface area contributed by atoms with Gasteiger partial charge in [0, 0.05) is 13.6 Å². The van der Waals surface area contributed by atoms with Crippen molar-refractivity contribution in [2.24, 2.45) is 7.05 Å². The van der Waals surface area contributed by atoms with Gasteiger partial charge < -0.3 is 4.74 Å². The second-order valence-corrected chi connectivity index (χ2v) is 5.88. The molecule has 1 unspecified atom stereocenters. The van der Waals surface area contributed by atoms with Crippen LogP contribution >= 0.6 is 23.2 Å².